The molecule has 2 aliphatic heterocycles. The summed E-state index contributed by atoms with van der Waals surface area (Å²) in [4.78, 5) is 7.07. The van der Waals surface area contributed by atoms with Crippen LogP contribution < -0.4 is 19.5 Å². The van der Waals surface area contributed by atoms with Crippen LogP contribution in [0.2, 0.25) is 0 Å². The first-order chi connectivity index (χ1) is 11.7. The largest absolute Gasteiger partial charge is 0.493 e. The topological polar surface area (TPSA) is 69.0 Å². The first-order valence-corrected chi connectivity index (χ1v) is 8.12. The van der Waals surface area contributed by atoms with Gasteiger partial charge in [0.2, 0.25) is 18.4 Å². The minimum Gasteiger partial charge on any atom is -0.493 e. The smallest absolute Gasteiger partial charge is 0.231 e. The molecule has 0 unspecified atom stereocenters. The summed E-state index contributed by atoms with van der Waals surface area (Å²) in [5, 5.41) is 3.36. The van der Waals surface area contributed by atoms with Crippen molar-refractivity contribution in [1.29, 1.82) is 0 Å². The molecule has 25 heavy (non-hydrogen) atoms. The molecule has 1 N–H and O–H groups in total. The van der Waals surface area contributed by atoms with Crippen molar-refractivity contribution in [3.63, 3.8) is 0 Å². The molecule has 2 aromatic rings. The first-order valence-electron chi connectivity index (χ1n) is 8.12. The third-order valence-corrected chi connectivity index (χ3v) is 4.38. The molecule has 0 bridgehead atoms. The van der Waals surface area contributed by atoms with Crippen LogP contribution >= 0.6 is 12.4 Å². The third-order valence-electron chi connectivity index (χ3n) is 4.38. The highest BCUT2D eigenvalue weighted by Gasteiger charge is 2.23. The van der Waals surface area contributed by atoms with E-state index < -0.39 is 0 Å². The zero-order valence-electron chi connectivity index (χ0n) is 14.3. The lowest BCUT2D eigenvalue weighted by atomic mass is 10.2. The molecule has 1 aromatic heterocycles. The Morgan fingerprint density at radius 2 is 2.04 bits per heavy atom. The van der Waals surface area contributed by atoms with Gasteiger partial charge in [-0.15, -0.1) is 12.4 Å². The van der Waals surface area contributed by atoms with E-state index in [0.717, 1.165) is 49.7 Å². The number of aromatic nitrogens is 1. The van der Waals surface area contributed by atoms with Gasteiger partial charge in [-0.3, -0.25) is 4.90 Å². The molecule has 1 aromatic carbocycles. The van der Waals surface area contributed by atoms with E-state index in [2.05, 4.69) is 10.2 Å². The summed E-state index contributed by atoms with van der Waals surface area (Å²) >= 11 is 0. The van der Waals surface area contributed by atoms with E-state index >= 15 is 0 Å². The molecule has 3 heterocycles. The van der Waals surface area contributed by atoms with Crippen molar-refractivity contribution in [3.8, 4) is 28.7 Å². The number of oxazole rings is 1. The number of benzene rings is 1. The summed E-state index contributed by atoms with van der Waals surface area (Å²) in [5.41, 5.74) is 1.80. The maximum atomic E-state index is 5.90. The number of halogens is 1. The van der Waals surface area contributed by atoms with Crippen LogP contribution in [-0.2, 0) is 6.54 Å². The fourth-order valence-electron chi connectivity index (χ4n) is 3.03. The fourth-order valence-corrected chi connectivity index (χ4v) is 3.03. The predicted octanol–water partition coefficient (Wildman–Crippen LogP) is 2.21. The Kier molecular flexibility index (Phi) is 5.36. The number of rotatable bonds is 4. The van der Waals surface area contributed by atoms with Crippen LogP contribution in [0.5, 0.6) is 17.2 Å². The number of ether oxygens (including phenoxy) is 3. The van der Waals surface area contributed by atoms with Gasteiger partial charge in [-0.2, -0.15) is 0 Å². The molecule has 136 valence electrons. The zero-order valence-corrected chi connectivity index (χ0v) is 15.1. The molecule has 0 aliphatic carbocycles. The number of hydrogen-bond donors (Lipinski definition) is 1. The van der Waals surface area contributed by atoms with Gasteiger partial charge in [0.05, 0.1) is 12.8 Å². The quantitative estimate of drug-likeness (QED) is 0.888. The van der Waals surface area contributed by atoms with E-state index in [1.807, 2.05) is 19.1 Å². The van der Waals surface area contributed by atoms with Crippen LogP contribution in [0, 0.1) is 6.92 Å². The number of fused-ring (bicyclic) bond motifs is 1. The number of nitrogens with zero attached hydrogens (tertiary/aromatic N) is 2. The Hall–Kier alpha value is -1.96. The Balaban J connectivity index is 0.00000182. The normalized spacial score (nSPS) is 16.6. The van der Waals surface area contributed by atoms with Crippen molar-refractivity contribution < 1.29 is 18.6 Å². The second kappa shape index (κ2) is 7.51. The summed E-state index contributed by atoms with van der Waals surface area (Å²) in [6.07, 6.45) is 0. The molecule has 0 saturated carbocycles. The minimum absolute atomic E-state index is 0. The second-order valence-electron chi connectivity index (χ2n) is 5.96. The first kappa shape index (κ1) is 17.8. The summed E-state index contributed by atoms with van der Waals surface area (Å²) in [6, 6.07) is 3.75. The summed E-state index contributed by atoms with van der Waals surface area (Å²) in [5.74, 6) is 3.34. The molecule has 4 rings (SSSR count). The van der Waals surface area contributed by atoms with Gasteiger partial charge in [0, 0.05) is 38.3 Å². The van der Waals surface area contributed by atoms with Gasteiger partial charge in [0.15, 0.2) is 11.5 Å². The van der Waals surface area contributed by atoms with Crippen LogP contribution in [0.1, 0.15) is 11.5 Å². The van der Waals surface area contributed by atoms with Gasteiger partial charge in [0.1, 0.15) is 5.76 Å². The monoisotopic (exact) mass is 367 g/mol. The maximum Gasteiger partial charge on any atom is 0.231 e. The standard InChI is InChI=1S/C17H21N3O4.ClH/c1-11-13(9-20-5-3-18-4-6-20)19-17(24-11)12-7-14(21-2)16-15(8-12)22-10-23-16;/h7-8,18H,3-6,9-10H2,1-2H3;1H. The van der Waals surface area contributed by atoms with Gasteiger partial charge in [0.25, 0.3) is 0 Å². The van der Waals surface area contributed by atoms with Crippen LogP contribution in [0.4, 0.5) is 0 Å². The molecular formula is C17H22ClN3O4. The molecule has 2 aliphatic rings. The number of hydrogen-bond acceptors (Lipinski definition) is 7. The van der Waals surface area contributed by atoms with Crippen molar-refractivity contribution in [2.24, 2.45) is 0 Å². The van der Waals surface area contributed by atoms with E-state index in [1.54, 1.807) is 7.11 Å². The van der Waals surface area contributed by atoms with Gasteiger partial charge in [-0.1, -0.05) is 0 Å². The van der Waals surface area contributed by atoms with Gasteiger partial charge in [-0.05, 0) is 19.1 Å². The van der Waals surface area contributed by atoms with Crippen molar-refractivity contribution in [2.75, 3.05) is 40.1 Å². The molecule has 0 atom stereocenters. The molecule has 7 nitrogen and oxygen atoms in total. The van der Waals surface area contributed by atoms with Gasteiger partial charge in [-0.25, -0.2) is 4.98 Å². The SMILES string of the molecule is COc1cc(-c2nc(CN3CCNCC3)c(C)o2)cc2c1OCO2.Cl. The van der Waals surface area contributed by atoms with Crippen molar-refractivity contribution in [1.82, 2.24) is 15.2 Å². The molecular weight excluding hydrogens is 346 g/mol. The molecule has 0 radical (unpaired) electrons. The lowest BCUT2D eigenvalue weighted by Crippen LogP contribution is -2.43. The highest BCUT2D eigenvalue weighted by Crippen LogP contribution is 2.44. The van der Waals surface area contributed by atoms with E-state index in [0.29, 0.717) is 23.1 Å². The molecule has 8 heteroatoms. The Morgan fingerprint density at radius 1 is 1.24 bits per heavy atom. The Bertz CT molecular complexity index is 744. The molecule has 0 spiro atoms. The van der Waals surface area contributed by atoms with Crippen LogP contribution in [0.25, 0.3) is 11.5 Å². The van der Waals surface area contributed by atoms with Crippen molar-refractivity contribution in [3.05, 3.63) is 23.6 Å². The highest BCUT2D eigenvalue weighted by atomic mass is 35.5. The van der Waals surface area contributed by atoms with Gasteiger partial charge < -0.3 is 23.9 Å². The summed E-state index contributed by atoms with van der Waals surface area (Å²) in [6.45, 7) is 7.05. The Morgan fingerprint density at radius 3 is 2.80 bits per heavy atom. The molecule has 1 fully saturated rings. The third kappa shape index (κ3) is 3.53. The lowest BCUT2D eigenvalue weighted by Gasteiger charge is -2.26. The second-order valence-corrected chi connectivity index (χ2v) is 5.96. The minimum atomic E-state index is 0. The number of aryl methyl sites for hydroxylation is 1. The number of methoxy groups -OCH3 is 1. The van der Waals surface area contributed by atoms with E-state index in [1.165, 1.54) is 0 Å². The summed E-state index contributed by atoms with van der Waals surface area (Å²) < 4.78 is 22.2. The molecule has 0 amide bonds. The maximum absolute atomic E-state index is 5.90. The van der Waals surface area contributed by atoms with Gasteiger partial charge >= 0.3 is 0 Å². The van der Waals surface area contributed by atoms with Crippen LogP contribution in [0.3, 0.4) is 0 Å². The van der Waals surface area contributed by atoms with E-state index in [-0.39, 0.29) is 19.2 Å². The zero-order chi connectivity index (χ0) is 16.5. The number of nitrogens with one attached hydrogen (secondary N) is 1. The van der Waals surface area contributed by atoms with E-state index in [4.69, 9.17) is 23.6 Å². The van der Waals surface area contributed by atoms with E-state index in [9.17, 15) is 0 Å². The fraction of sp³-hybridized carbons (Fsp3) is 0.471. The Labute approximate surface area is 152 Å². The predicted molar refractivity (Wildman–Crippen MR) is 94.7 cm³/mol. The molecule has 1 saturated heterocycles. The lowest BCUT2D eigenvalue weighted by molar-refractivity contribution is 0.171. The average molecular weight is 368 g/mol. The van der Waals surface area contributed by atoms with Crippen molar-refractivity contribution >= 4 is 12.4 Å². The average Bonchev–Trinajstić information content (AvgIpc) is 3.22. The van der Waals surface area contributed by atoms with Crippen LogP contribution in [-0.4, -0.2) is 50.0 Å². The van der Waals surface area contributed by atoms with Crippen molar-refractivity contribution in [2.45, 2.75) is 13.5 Å². The summed E-state index contributed by atoms with van der Waals surface area (Å²) in [7, 11) is 1.61. The highest BCUT2D eigenvalue weighted by molar-refractivity contribution is 5.85. The number of piperazine rings is 1. The van der Waals surface area contributed by atoms with Crippen LogP contribution in [0.15, 0.2) is 16.5 Å².